The first-order chi connectivity index (χ1) is 8.58. The smallest absolute Gasteiger partial charge is 0.520 e. The summed E-state index contributed by atoms with van der Waals surface area (Å²) < 4.78 is 5.05. The molecule has 1 aromatic rings. The molecule has 1 aromatic carbocycles. The van der Waals surface area contributed by atoms with Gasteiger partial charge in [0.2, 0.25) is 5.91 Å². The van der Waals surface area contributed by atoms with E-state index in [9.17, 15) is 9.59 Å². The number of methoxy groups -OCH3 is 1. The molecule has 5 nitrogen and oxygen atoms in total. The quantitative estimate of drug-likeness (QED) is 0.457. The predicted octanol–water partition coefficient (Wildman–Crippen LogP) is 0.349. The van der Waals surface area contributed by atoms with Crippen LogP contribution in [-0.2, 0) is 35.5 Å². The fourth-order valence-corrected chi connectivity index (χ4v) is 1.58. The molecule has 0 aliphatic carbocycles. The molecule has 0 aliphatic heterocycles. The number of carbonyl (C=O) groups excluding carboxylic acids is 2. The second-order valence-electron chi connectivity index (χ2n) is 4.08. The van der Waals surface area contributed by atoms with E-state index in [1.54, 1.807) is 27.6 Å². The van der Waals surface area contributed by atoms with Gasteiger partial charge in [-0.05, 0) is 24.1 Å². The van der Waals surface area contributed by atoms with Gasteiger partial charge in [-0.25, -0.2) is 0 Å². The Hall–Kier alpha value is -1.42. The minimum atomic E-state index is -0.592. The van der Waals surface area contributed by atoms with Crippen LogP contribution in [0.25, 0.3) is 0 Å². The summed E-state index contributed by atoms with van der Waals surface area (Å²) in [5.41, 5.74) is 0.943. The number of benzene rings is 1. The second kappa shape index (κ2) is 8.64. The van der Waals surface area contributed by atoms with Crippen molar-refractivity contribution >= 4 is 12.3 Å². The molecule has 1 unspecified atom stereocenters. The number of carbonyl (C=O) groups is 1. The zero-order valence-corrected chi connectivity index (χ0v) is 12.7. The topological polar surface area (TPSA) is 58.6 Å². The SMILES string of the molecule is COc1ccc(CC(N[C-]=O)C(=O)N(C)C)cc1.[Rh+2]. The number of nitrogens with one attached hydrogen (secondary N) is 1. The van der Waals surface area contributed by atoms with E-state index in [-0.39, 0.29) is 25.4 Å². The van der Waals surface area contributed by atoms with Gasteiger partial charge in [-0.3, -0.25) is 4.79 Å². The maximum absolute atomic E-state index is 11.8. The molecule has 0 saturated heterocycles. The van der Waals surface area contributed by atoms with Crippen LogP contribution in [-0.4, -0.2) is 44.5 Å². The zero-order chi connectivity index (χ0) is 13.5. The van der Waals surface area contributed by atoms with Crippen molar-refractivity contribution in [2.75, 3.05) is 21.2 Å². The molecule has 0 bridgehead atoms. The molecule has 105 valence electrons. The van der Waals surface area contributed by atoms with Crippen molar-refractivity contribution < 1.29 is 33.8 Å². The van der Waals surface area contributed by atoms with Gasteiger partial charge in [0.05, 0.1) is 13.2 Å². The number of amides is 2. The van der Waals surface area contributed by atoms with Gasteiger partial charge in [-0.1, -0.05) is 12.1 Å². The summed E-state index contributed by atoms with van der Waals surface area (Å²) in [6.07, 6.45) is 2.00. The summed E-state index contributed by atoms with van der Waals surface area (Å²) in [5, 5.41) is 2.41. The molecule has 6 heteroatoms. The normalized spacial score (nSPS) is 10.9. The van der Waals surface area contributed by atoms with E-state index in [1.807, 2.05) is 24.3 Å². The Morgan fingerprint density at radius 1 is 1.37 bits per heavy atom. The van der Waals surface area contributed by atoms with Crippen LogP contribution in [0.1, 0.15) is 5.56 Å². The first kappa shape index (κ1) is 17.6. The van der Waals surface area contributed by atoms with Crippen LogP contribution in [0.2, 0.25) is 0 Å². The Bertz CT molecular complexity index is 407. The number of likely N-dealkylation sites (N-methyl/N-ethyl adjacent to an activating group) is 1. The number of rotatable bonds is 6. The molecule has 1 radical (unpaired) electrons. The molecule has 2 amide bonds. The summed E-state index contributed by atoms with van der Waals surface area (Å²) >= 11 is 0. The standard InChI is InChI=1S/C13H17N2O3.Rh/c1-15(2)13(17)12(14-9-16)8-10-4-6-11(18-3)7-5-10;/h4-7,12H,8H2,1-3H3,(H,14,16);/q-1;+2. The Morgan fingerprint density at radius 2 is 1.95 bits per heavy atom. The monoisotopic (exact) mass is 352 g/mol. The molecule has 1 atom stereocenters. The van der Waals surface area contributed by atoms with Crippen LogP contribution < -0.4 is 10.1 Å². The Morgan fingerprint density at radius 3 is 2.37 bits per heavy atom. The minimum Gasteiger partial charge on any atom is -0.520 e. The molecule has 0 spiro atoms. The van der Waals surface area contributed by atoms with E-state index < -0.39 is 6.04 Å². The zero-order valence-electron chi connectivity index (χ0n) is 11.1. The van der Waals surface area contributed by atoms with E-state index in [0.29, 0.717) is 6.42 Å². The van der Waals surface area contributed by atoms with Gasteiger partial charge in [0, 0.05) is 14.1 Å². The van der Waals surface area contributed by atoms with Gasteiger partial charge in [-0.2, -0.15) is 6.41 Å². The molecule has 0 heterocycles. The minimum absolute atomic E-state index is 0. The molecular weight excluding hydrogens is 335 g/mol. The molecule has 1 N–H and O–H groups in total. The van der Waals surface area contributed by atoms with Crippen LogP contribution in [0.3, 0.4) is 0 Å². The van der Waals surface area contributed by atoms with Crippen molar-refractivity contribution in [2.24, 2.45) is 0 Å². The van der Waals surface area contributed by atoms with Gasteiger partial charge in [0.1, 0.15) is 5.75 Å². The van der Waals surface area contributed by atoms with Crippen molar-refractivity contribution in [1.29, 1.82) is 0 Å². The van der Waals surface area contributed by atoms with Crippen LogP contribution >= 0.6 is 0 Å². The van der Waals surface area contributed by atoms with Crippen molar-refractivity contribution in [3.63, 3.8) is 0 Å². The summed E-state index contributed by atoms with van der Waals surface area (Å²) in [4.78, 5) is 23.7. The van der Waals surface area contributed by atoms with Gasteiger partial charge in [0.15, 0.2) is 0 Å². The second-order valence-corrected chi connectivity index (χ2v) is 4.08. The maximum atomic E-state index is 11.8. The molecule has 19 heavy (non-hydrogen) atoms. The fraction of sp³-hybridized carbons (Fsp3) is 0.385. The predicted molar refractivity (Wildman–Crippen MR) is 68.0 cm³/mol. The average Bonchev–Trinajstić information content (AvgIpc) is 2.38. The fourth-order valence-electron chi connectivity index (χ4n) is 1.58. The Labute approximate surface area is 126 Å². The Balaban J connectivity index is 0.00000324. The number of hydrogen-bond acceptors (Lipinski definition) is 3. The molecule has 1 rings (SSSR count). The van der Waals surface area contributed by atoms with Crippen LogP contribution in [0.4, 0.5) is 0 Å². The van der Waals surface area contributed by atoms with Crippen molar-refractivity contribution in [1.82, 2.24) is 10.2 Å². The van der Waals surface area contributed by atoms with Gasteiger partial charge < -0.3 is 19.7 Å². The number of ether oxygens (including phenoxy) is 1. The maximum Gasteiger partial charge on any atom is 2.00 e. The number of nitrogens with zero attached hydrogens (tertiary/aromatic N) is 1. The molecule has 0 aliphatic rings. The molecule has 0 fully saturated rings. The molecular formula is C13H17N2O3Rh+. The average molecular weight is 352 g/mol. The summed E-state index contributed by atoms with van der Waals surface area (Å²) in [7, 11) is 4.89. The van der Waals surface area contributed by atoms with E-state index in [4.69, 9.17) is 4.74 Å². The van der Waals surface area contributed by atoms with Gasteiger partial charge in [-0.15, -0.1) is 0 Å². The largest absolute Gasteiger partial charge is 2.00 e. The first-order valence-electron chi connectivity index (χ1n) is 5.55. The first-order valence-corrected chi connectivity index (χ1v) is 5.55. The third-order valence-electron chi connectivity index (χ3n) is 2.57. The van der Waals surface area contributed by atoms with E-state index >= 15 is 0 Å². The van der Waals surface area contributed by atoms with Crippen molar-refractivity contribution in [3.8, 4) is 5.75 Å². The van der Waals surface area contributed by atoms with E-state index in [0.717, 1.165) is 11.3 Å². The number of hydrogen-bond donors (Lipinski definition) is 1. The molecule has 0 saturated carbocycles. The van der Waals surface area contributed by atoms with Crippen molar-refractivity contribution in [3.05, 3.63) is 29.8 Å². The summed E-state index contributed by atoms with van der Waals surface area (Å²) in [6.45, 7) is 0. The van der Waals surface area contributed by atoms with Crippen LogP contribution in [0.5, 0.6) is 5.75 Å². The summed E-state index contributed by atoms with van der Waals surface area (Å²) in [6, 6.07) is 6.77. The van der Waals surface area contributed by atoms with Crippen LogP contribution in [0, 0.1) is 0 Å². The third kappa shape index (κ3) is 5.39. The van der Waals surface area contributed by atoms with Gasteiger partial charge >= 0.3 is 19.5 Å². The summed E-state index contributed by atoms with van der Waals surface area (Å²) in [5.74, 6) is 0.596. The van der Waals surface area contributed by atoms with E-state index in [1.165, 1.54) is 4.90 Å². The van der Waals surface area contributed by atoms with Gasteiger partial charge in [0.25, 0.3) is 0 Å². The van der Waals surface area contributed by atoms with Crippen molar-refractivity contribution in [2.45, 2.75) is 12.5 Å². The molecule has 0 aromatic heterocycles. The Kier molecular flexibility index (Phi) is 8.00. The van der Waals surface area contributed by atoms with E-state index in [2.05, 4.69) is 5.32 Å². The van der Waals surface area contributed by atoms with Crippen LogP contribution in [0.15, 0.2) is 24.3 Å². The third-order valence-corrected chi connectivity index (χ3v) is 2.57.